The van der Waals surface area contributed by atoms with E-state index in [1.807, 2.05) is 13.0 Å². The second-order valence-corrected chi connectivity index (χ2v) is 2.59. The Bertz CT molecular complexity index is 336. The number of aromatic nitrogens is 1. The first kappa shape index (κ1) is 8.89. The molecule has 3 heteroatoms. The van der Waals surface area contributed by atoms with Gasteiger partial charge in [-0.25, -0.2) is 4.98 Å². The van der Waals surface area contributed by atoms with Gasteiger partial charge in [0, 0.05) is 5.69 Å². The molecule has 2 N–H and O–H groups in total. The van der Waals surface area contributed by atoms with Crippen LogP contribution in [0.15, 0.2) is 12.1 Å². The van der Waals surface area contributed by atoms with Crippen molar-refractivity contribution in [2.45, 2.75) is 6.92 Å². The fourth-order valence-corrected chi connectivity index (χ4v) is 0.852. The summed E-state index contributed by atoms with van der Waals surface area (Å²) in [6.07, 6.45) is 0. The first-order valence-electron chi connectivity index (χ1n) is 3.52. The number of hydrogen-bond donors (Lipinski definition) is 1. The van der Waals surface area contributed by atoms with E-state index in [1.165, 1.54) is 0 Å². The van der Waals surface area contributed by atoms with Crippen LogP contribution in [-0.4, -0.2) is 10.9 Å². The topological polar surface area (TPSA) is 38.9 Å². The predicted octanol–water partition coefficient (Wildman–Crippen LogP) is 1.56. The molecule has 0 aliphatic heterocycles. The third kappa shape index (κ3) is 2.14. The summed E-state index contributed by atoms with van der Waals surface area (Å²) in [5.41, 5.74) is 7.73. The summed E-state index contributed by atoms with van der Waals surface area (Å²) in [5, 5.41) is 0. The van der Waals surface area contributed by atoms with Crippen molar-refractivity contribution in [3.63, 3.8) is 0 Å². The van der Waals surface area contributed by atoms with Crippen molar-refractivity contribution in [1.82, 2.24) is 4.98 Å². The number of aryl methyl sites for hydroxylation is 1. The third-order valence-corrected chi connectivity index (χ3v) is 1.47. The molecule has 0 fully saturated rings. The number of nitrogen functional groups attached to an aromatic ring is 1. The SMILES string of the molecule is Cc1ccc(N)c(C#CCCl)n1. The van der Waals surface area contributed by atoms with Crippen molar-refractivity contribution in [3.8, 4) is 11.8 Å². The Balaban J connectivity index is 3.05. The summed E-state index contributed by atoms with van der Waals surface area (Å²) >= 11 is 5.40. The molecular weight excluding hydrogens is 172 g/mol. The molecule has 0 amide bonds. The highest BCUT2D eigenvalue weighted by molar-refractivity contribution is 6.19. The van der Waals surface area contributed by atoms with Crippen molar-refractivity contribution < 1.29 is 0 Å². The average molecular weight is 181 g/mol. The highest BCUT2D eigenvalue weighted by atomic mass is 35.5. The molecule has 0 unspecified atom stereocenters. The second kappa shape index (κ2) is 3.99. The molecule has 1 rings (SSSR count). The zero-order valence-electron chi connectivity index (χ0n) is 6.76. The molecule has 0 spiro atoms. The molecule has 1 aromatic heterocycles. The molecule has 2 nitrogen and oxygen atoms in total. The van der Waals surface area contributed by atoms with Gasteiger partial charge in [0.15, 0.2) is 0 Å². The molecule has 1 heterocycles. The lowest BCUT2D eigenvalue weighted by molar-refractivity contribution is 1.18. The van der Waals surface area contributed by atoms with Gasteiger partial charge in [-0.1, -0.05) is 5.92 Å². The molecule has 12 heavy (non-hydrogen) atoms. The molecule has 0 radical (unpaired) electrons. The monoisotopic (exact) mass is 180 g/mol. The number of nitrogens with two attached hydrogens (primary N) is 1. The summed E-state index contributed by atoms with van der Waals surface area (Å²) < 4.78 is 0. The van der Waals surface area contributed by atoms with Crippen LogP contribution in [0.3, 0.4) is 0 Å². The maximum atomic E-state index is 5.62. The zero-order chi connectivity index (χ0) is 8.97. The molecule has 0 aliphatic carbocycles. The van der Waals surface area contributed by atoms with E-state index in [1.54, 1.807) is 6.07 Å². The Morgan fingerprint density at radius 1 is 1.58 bits per heavy atom. The van der Waals surface area contributed by atoms with Crippen LogP contribution in [-0.2, 0) is 0 Å². The summed E-state index contributed by atoms with van der Waals surface area (Å²) in [4.78, 5) is 4.15. The molecule has 62 valence electrons. The first-order valence-corrected chi connectivity index (χ1v) is 4.05. The van der Waals surface area contributed by atoms with E-state index in [0.717, 1.165) is 5.69 Å². The van der Waals surface area contributed by atoms with E-state index in [0.29, 0.717) is 17.3 Å². The minimum absolute atomic E-state index is 0.301. The van der Waals surface area contributed by atoms with Gasteiger partial charge in [-0.3, -0.25) is 0 Å². The van der Waals surface area contributed by atoms with Gasteiger partial charge in [-0.15, -0.1) is 11.6 Å². The molecule has 0 bridgehead atoms. The number of alkyl halides is 1. The van der Waals surface area contributed by atoms with Crippen LogP contribution in [0.1, 0.15) is 11.4 Å². The van der Waals surface area contributed by atoms with E-state index >= 15 is 0 Å². The van der Waals surface area contributed by atoms with E-state index in [4.69, 9.17) is 17.3 Å². The zero-order valence-corrected chi connectivity index (χ0v) is 7.52. The Labute approximate surface area is 76.8 Å². The van der Waals surface area contributed by atoms with Crippen molar-refractivity contribution in [2.75, 3.05) is 11.6 Å². The second-order valence-electron chi connectivity index (χ2n) is 2.33. The molecular formula is C9H9ClN2. The van der Waals surface area contributed by atoms with E-state index in [9.17, 15) is 0 Å². The summed E-state index contributed by atoms with van der Waals surface area (Å²) in [5.74, 6) is 5.79. The van der Waals surface area contributed by atoms with Crippen molar-refractivity contribution in [2.24, 2.45) is 0 Å². The Morgan fingerprint density at radius 2 is 2.33 bits per heavy atom. The van der Waals surface area contributed by atoms with Crippen molar-refractivity contribution in [3.05, 3.63) is 23.5 Å². The summed E-state index contributed by atoms with van der Waals surface area (Å²) in [6.45, 7) is 1.89. The minimum Gasteiger partial charge on any atom is -0.396 e. The largest absolute Gasteiger partial charge is 0.396 e. The number of anilines is 1. The van der Waals surface area contributed by atoms with Gasteiger partial charge in [-0.2, -0.15) is 0 Å². The molecule has 0 aliphatic rings. The number of hydrogen-bond acceptors (Lipinski definition) is 2. The van der Waals surface area contributed by atoms with E-state index in [2.05, 4.69) is 16.8 Å². The third-order valence-electron chi connectivity index (χ3n) is 1.34. The Morgan fingerprint density at radius 3 is 3.00 bits per heavy atom. The van der Waals surface area contributed by atoms with Gasteiger partial charge < -0.3 is 5.73 Å². The summed E-state index contributed by atoms with van der Waals surface area (Å²) in [6, 6.07) is 3.64. The highest BCUT2D eigenvalue weighted by Gasteiger charge is 1.95. The number of halogens is 1. The lowest BCUT2D eigenvalue weighted by atomic mass is 10.2. The fourth-order valence-electron chi connectivity index (χ4n) is 0.785. The lowest BCUT2D eigenvalue weighted by Crippen LogP contribution is -1.94. The highest BCUT2D eigenvalue weighted by Crippen LogP contribution is 2.07. The van der Waals surface area contributed by atoms with Crippen LogP contribution >= 0.6 is 11.6 Å². The molecule has 0 saturated heterocycles. The van der Waals surface area contributed by atoms with Crippen LogP contribution in [0.25, 0.3) is 0 Å². The predicted molar refractivity (Wildman–Crippen MR) is 51.0 cm³/mol. The van der Waals surface area contributed by atoms with Crippen LogP contribution in [0.2, 0.25) is 0 Å². The smallest absolute Gasteiger partial charge is 0.136 e. The fraction of sp³-hybridized carbons (Fsp3) is 0.222. The molecule has 0 aromatic carbocycles. The van der Waals surface area contributed by atoms with Gasteiger partial charge in [0.05, 0.1) is 11.6 Å². The first-order chi connectivity index (χ1) is 5.74. The minimum atomic E-state index is 0.301. The lowest BCUT2D eigenvalue weighted by Gasteiger charge is -1.97. The van der Waals surface area contributed by atoms with Gasteiger partial charge in [0.1, 0.15) is 5.69 Å². The average Bonchev–Trinajstić information content (AvgIpc) is 2.07. The van der Waals surface area contributed by atoms with Crippen LogP contribution < -0.4 is 5.73 Å². The number of pyridine rings is 1. The normalized spacial score (nSPS) is 8.83. The number of nitrogens with zero attached hydrogens (tertiary/aromatic N) is 1. The number of rotatable bonds is 0. The van der Waals surface area contributed by atoms with Crippen molar-refractivity contribution in [1.29, 1.82) is 0 Å². The molecule has 0 atom stereocenters. The van der Waals surface area contributed by atoms with Gasteiger partial charge in [0.2, 0.25) is 0 Å². The van der Waals surface area contributed by atoms with Crippen molar-refractivity contribution >= 4 is 17.3 Å². The standard InChI is InChI=1S/C9H9ClN2/c1-7-4-5-8(11)9(12-7)3-2-6-10/h4-5H,6,11H2,1H3. The van der Waals surface area contributed by atoms with Gasteiger partial charge >= 0.3 is 0 Å². The van der Waals surface area contributed by atoms with Crippen LogP contribution in [0.5, 0.6) is 0 Å². The van der Waals surface area contributed by atoms with Crippen LogP contribution in [0.4, 0.5) is 5.69 Å². The quantitative estimate of drug-likeness (QED) is 0.486. The van der Waals surface area contributed by atoms with Gasteiger partial charge in [-0.05, 0) is 25.0 Å². The molecule has 1 aromatic rings. The Hall–Kier alpha value is -1.20. The maximum absolute atomic E-state index is 5.62. The van der Waals surface area contributed by atoms with Gasteiger partial charge in [0.25, 0.3) is 0 Å². The van der Waals surface area contributed by atoms with E-state index < -0.39 is 0 Å². The maximum Gasteiger partial charge on any atom is 0.136 e. The molecule has 0 saturated carbocycles. The van der Waals surface area contributed by atoms with E-state index in [-0.39, 0.29) is 0 Å². The van der Waals surface area contributed by atoms with Crippen LogP contribution in [0, 0.1) is 18.8 Å². The Kier molecular flexibility index (Phi) is 2.95. The summed E-state index contributed by atoms with van der Waals surface area (Å²) in [7, 11) is 0.